The van der Waals surface area contributed by atoms with Crippen LogP contribution in [0.15, 0.2) is 24.3 Å². The van der Waals surface area contributed by atoms with E-state index in [0.29, 0.717) is 12.6 Å². The Morgan fingerprint density at radius 3 is 2.67 bits per heavy atom. The highest BCUT2D eigenvalue weighted by Gasteiger charge is 2.64. The Hall–Kier alpha value is -1.13. The molecule has 3 fully saturated rings. The third-order valence-corrected chi connectivity index (χ3v) is 5.59. The minimum Gasteiger partial charge on any atom is -0.488 e. The number of rotatable bonds is 6. The molecule has 2 N–H and O–H groups in total. The molecule has 3 aliphatic carbocycles. The van der Waals surface area contributed by atoms with Crippen molar-refractivity contribution < 1.29 is 14.2 Å². The summed E-state index contributed by atoms with van der Waals surface area (Å²) in [5.41, 5.74) is 0. The summed E-state index contributed by atoms with van der Waals surface area (Å²) in [6, 6.07) is 6.91. The lowest BCUT2D eigenvalue weighted by Crippen LogP contribution is -2.35. The molecular weight excluding hydrogens is 269 g/mol. The molecular formula is C17H22FNO2. The van der Waals surface area contributed by atoms with Gasteiger partial charge in [-0.05, 0) is 55.1 Å². The first-order chi connectivity index (χ1) is 10.2. The van der Waals surface area contributed by atoms with Crippen molar-refractivity contribution in [2.24, 2.45) is 23.7 Å². The van der Waals surface area contributed by atoms with Crippen molar-refractivity contribution in [3.8, 4) is 5.75 Å². The Bertz CT molecular complexity index is 507. The van der Waals surface area contributed by atoms with Gasteiger partial charge in [0.25, 0.3) is 0 Å². The molecule has 0 spiro atoms. The first-order valence-electron chi connectivity index (χ1n) is 8.03. The van der Waals surface area contributed by atoms with E-state index in [1.807, 2.05) is 0 Å². The number of aliphatic hydroxyl groups is 1. The highest BCUT2D eigenvalue weighted by molar-refractivity contribution is 5.23. The number of ether oxygens (including phenoxy) is 1. The van der Waals surface area contributed by atoms with Crippen molar-refractivity contribution in [3.05, 3.63) is 30.1 Å². The van der Waals surface area contributed by atoms with E-state index in [0.717, 1.165) is 23.7 Å². The van der Waals surface area contributed by atoms with Gasteiger partial charge in [-0.15, -0.1) is 0 Å². The van der Waals surface area contributed by atoms with E-state index in [-0.39, 0.29) is 18.2 Å². The largest absolute Gasteiger partial charge is 0.488 e. The van der Waals surface area contributed by atoms with Crippen molar-refractivity contribution in [2.45, 2.75) is 31.4 Å². The van der Waals surface area contributed by atoms with Crippen LogP contribution in [0.5, 0.6) is 5.75 Å². The van der Waals surface area contributed by atoms with E-state index in [1.165, 1.54) is 25.3 Å². The van der Waals surface area contributed by atoms with E-state index >= 15 is 0 Å². The lowest BCUT2D eigenvalue weighted by Gasteiger charge is -2.15. The predicted octanol–water partition coefficient (Wildman–Crippen LogP) is 2.20. The van der Waals surface area contributed by atoms with Crippen LogP contribution in [0.1, 0.15) is 19.3 Å². The highest BCUT2D eigenvalue weighted by atomic mass is 19.1. The minimum atomic E-state index is -0.594. The number of nitrogens with one attached hydrogen (secondary N) is 1. The second-order valence-corrected chi connectivity index (χ2v) is 6.82. The van der Waals surface area contributed by atoms with Crippen LogP contribution in [0.25, 0.3) is 0 Å². The van der Waals surface area contributed by atoms with E-state index in [9.17, 15) is 9.50 Å². The van der Waals surface area contributed by atoms with Crippen LogP contribution >= 0.6 is 0 Å². The van der Waals surface area contributed by atoms with Gasteiger partial charge < -0.3 is 15.2 Å². The monoisotopic (exact) mass is 291 g/mol. The molecule has 1 aromatic rings. The standard InChI is InChI=1S/C17H22FNO2/c18-13-3-1-2-4-14(13)21-9-12(20)8-19-17-15-10-5-6-11(7-10)16(15)17/h1-4,10-12,15-17,19-20H,5-9H2. The van der Waals surface area contributed by atoms with Crippen LogP contribution in [0.2, 0.25) is 0 Å². The normalized spacial score (nSPS) is 37.3. The molecule has 0 radical (unpaired) electrons. The molecule has 1 aromatic carbocycles. The highest BCUT2D eigenvalue weighted by Crippen LogP contribution is 2.65. The number of fused-ring (bicyclic) bond motifs is 5. The van der Waals surface area contributed by atoms with Crippen molar-refractivity contribution in [3.63, 3.8) is 0 Å². The summed E-state index contributed by atoms with van der Waals surface area (Å²) in [5, 5.41) is 13.5. The number of halogens is 1. The summed E-state index contributed by atoms with van der Waals surface area (Å²) in [5.74, 6) is 3.42. The quantitative estimate of drug-likeness (QED) is 0.844. The molecule has 5 atom stereocenters. The third-order valence-electron chi connectivity index (χ3n) is 5.59. The fourth-order valence-corrected chi connectivity index (χ4v) is 4.68. The lowest BCUT2D eigenvalue weighted by molar-refractivity contribution is 0.103. The molecule has 0 saturated heterocycles. The number of para-hydroxylation sites is 1. The topological polar surface area (TPSA) is 41.5 Å². The van der Waals surface area contributed by atoms with Gasteiger partial charge in [0.15, 0.2) is 11.6 Å². The zero-order chi connectivity index (χ0) is 14.4. The summed E-state index contributed by atoms with van der Waals surface area (Å²) < 4.78 is 18.7. The molecule has 2 bridgehead atoms. The summed E-state index contributed by atoms with van der Waals surface area (Å²) in [7, 11) is 0. The molecule has 0 heterocycles. The van der Waals surface area contributed by atoms with Crippen molar-refractivity contribution in [1.82, 2.24) is 5.32 Å². The van der Waals surface area contributed by atoms with Crippen LogP contribution < -0.4 is 10.1 Å². The second kappa shape index (κ2) is 5.25. The Kier molecular flexibility index (Phi) is 3.38. The molecule has 0 amide bonds. The average Bonchev–Trinajstić information content (AvgIpc) is 2.87. The molecule has 0 aromatic heterocycles. The molecule has 5 unspecified atom stereocenters. The van der Waals surface area contributed by atoms with Crippen LogP contribution in [0.4, 0.5) is 4.39 Å². The fraction of sp³-hybridized carbons (Fsp3) is 0.647. The molecule has 21 heavy (non-hydrogen) atoms. The zero-order valence-electron chi connectivity index (χ0n) is 12.0. The van der Waals surface area contributed by atoms with Crippen LogP contribution in [0, 0.1) is 29.5 Å². The maximum Gasteiger partial charge on any atom is 0.165 e. The fourth-order valence-electron chi connectivity index (χ4n) is 4.68. The number of hydrogen-bond acceptors (Lipinski definition) is 3. The maximum absolute atomic E-state index is 13.4. The molecule has 3 aliphatic rings. The van der Waals surface area contributed by atoms with Gasteiger partial charge in [0.05, 0.1) is 0 Å². The van der Waals surface area contributed by atoms with Gasteiger partial charge in [-0.1, -0.05) is 12.1 Å². The summed E-state index contributed by atoms with van der Waals surface area (Å²) in [4.78, 5) is 0. The molecule has 0 aliphatic heterocycles. The first kappa shape index (κ1) is 13.5. The molecule has 3 saturated carbocycles. The zero-order valence-corrected chi connectivity index (χ0v) is 12.0. The molecule has 4 heteroatoms. The number of hydrogen-bond donors (Lipinski definition) is 2. The minimum absolute atomic E-state index is 0.128. The molecule has 3 nitrogen and oxygen atoms in total. The van der Waals surface area contributed by atoms with Crippen molar-refractivity contribution in [1.29, 1.82) is 0 Å². The summed E-state index contributed by atoms with van der Waals surface area (Å²) in [6.45, 7) is 0.661. The van der Waals surface area contributed by atoms with Gasteiger partial charge in [0, 0.05) is 12.6 Å². The molecule has 4 rings (SSSR count). The Balaban J connectivity index is 1.21. The summed E-state index contributed by atoms with van der Waals surface area (Å²) >= 11 is 0. The Morgan fingerprint density at radius 1 is 1.24 bits per heavy atom. The first-order valence-corrected chi connectivity index (χ1v) is 8.03. The Morgan fingerprint density at radius 2 is 1.95 bits per heavy atom. The smallest absolute Gasteiger partial charge is 0.165 e. The SMILES string of the molecule is OC(CNC1C2C3CCC(C3)C12)COc1ccccc1F. The van der Waals surface area contributed by atoms with Crippen molar-refractivity contribution >= 4 is 0 Å². The van der Waals surface area contributed by atoms with E-state index in [4.69, 9.17) is 4.74 Å². The number of benzene rings is 1. The van der Waals surface area contributed by atoms with E-state index in [2.05, 4.69) is 5.32 Å². The van der Waals surface area contributed by atoms with Crippen LogP contribution in [0.3, 0.4) is 0 Å². The predicted molar refractivity (Wildman–Crippen MR) is 77.5 cm³/mol. The third kappa shape index (κ3) is 2.44. The summed E-state index contributed by atoms with van der Waals surface area (Å²) in [6.07, 6.45) is 3.65. The van der Waals surface area contributed by atoms with Gasteiger partial charge in [-0.3, -0.25) is 0 Å². The maximum atomic E-state index is 13.4. The average molecular weight is 291 g/mol. The van der Waals surface area contributed by atoms with E-state index in [1.54, 1.807) is 18.2 Å². The van der Waals surface area contributed by atoms with Gasteiger partial charge >= 0.3 is 0 Å². The molecule has 114 valence electrons. The van der Waals surface area contributed by atoms with Gasteiger partial charge in [-0.2, -0.15) is 0 Å². The van der Waals surface area contributed by atoms with Gasteiger partial charge in [0.1, 0.15) is 12.7 Å². The van der Waals surface area contributed by atoms with Crippen molar-refractivity contribution in [2.75, 3.05) is 13.2 Å². The van der Waals surface area contributed by atoms with Gasteiger partial charge in [0.2, 0.25) is 0 Å². The Labute approximate surface area is 124 Å². The van der Waals surface area contributed by atoms with E-state index < -0.39 is 6.10 Å². The lowest BCUT2D eigenvalue weighted by atomic mass is 10.0. The van der Waals surface area contributed by atoms with Crippen LogP contribution in [-0.2, 0) is 0 Å². The van der Waals surface area contributed by atoms with Gasteiger partial charge in [-0.25, -0.2) is 4.39 Å². The van der Waals surface area contributed by atoms with Crippen LogP contribution in [-0.4, -0.2) is 30.4 Å². The second-order valence-electron chi connectivity index (χ2n) is 6.82. The number of aliphatic hydroxyl groups excluding tert-OH is 1.